The Kier molecular flexibility index (Phi) is 21.0. The van der Waals surface area contributed by atoms with E-state index < -0.39 is 71.0 Å². The Morgan fingerprint density at radius 2 is 1.02 bits per heavy atom. The molecule has 13 heteroatoms. The fraction of sp³-hybridized carbons (Fsp3) is 0.875. The quantitative estimate of drug-likeness (QED) is 0.0775. The molecule has 1 fully saturated rings. The van der Waals surface area contributed by atoms with Crippen LogP contribution in [0.4, 0.5) is 0 Å². The van der Waals surface area contributed by atoms with Gasteiger partial charge in [0.2, 0.25) is 0 Å². The lowest BCUT2D eigenvalue weighted by Gasteiger charge is -2.44. The number of esters is 4. The Balaban J connectivity index is 2.58. The van der Waals surface area contributed by atoms with Gasteiger partial charge in [-0.3, -0.25) is 19.2 Å². The largest absolute Gasteiger partial charge is 0.463 e. The van der Waals surface area contributed by atoms with Crippen molar-refractivity contribution < 1.29 is 56.0 Å². The molecule has 0 spiro atoms. The van der Waals surface area contributed by atoms with Crippen molar-refractivity contribution in [2.75, 3.05) is 24.7 Å². The predicted octanol–water partition coefficient (Wildman–Crippen LogP) is 4.98. The Bertz CT molecular complexity index is 983. The van der Waals surface area contributed by atoms with Gasteiger partial charge in [0.15, 0.2) is 34.4 Å². The van der Waals surface area contributed by atoms with E-state index in [0.717, 1.165) is 40.0 Å². The van der Waals surface area contributed by atoms with E-state index in [1.54, 1.807) is 0 Å². The molecular weight excluding hydrogens is 608 g/mol. The number of sulfone groups is 1. The summed E-state index contributed by atoms with van der Waals surface area (Å²) in [4.78, 5) is 47.1. The van der Waals surface area contributed by atoms with E-state index in [1.807, 2.05) is 0 Å². The fourth-order valence-corrected chi connectivity index (χ4v) is 6.43. The smallest absolute Gasteiger partial charge is 0.303 e. The van der Waals surface area contributed by atoms with E-state index in [2.05, 4.69) is 6.92 Å². The first kappa shape index (κ1) is 40.8. The number of hydrogen-bond acceptors (Lipinski definition) is 12. The molecule has 262 valence electrons. The lowest BCUT2D eigenvalue weighted by Crippen LogP contribution is -2.63. The lowest BCUT2D eigenvalue weighted by atomic mass is 9.98. The van der Waals surface area contributed by atoms with E-state index in [9.17, 15) is 27.6 Å². The summed E-state index contributed by atoms with van der Waals surface area (Å²) in [6.45, 7) is 6.07. The van der Waals surface area contributed by atoms with E-state index >= 15 is 0 Å². The average molecular weight is 665 g/mol. The number of carbonyl (C=O) groups excluding carboxylic acids is 4. The third-order valence-electron chi connectivity index (χ3n) is 7.43. The van der Waals surface area contributed by atoms with Gasteiger partial charge < -0.3 is 28.4 Å². The van der Waals surface area contributed by atoms with E-state index in [1.165, 1.54) is 71.1 Å². The zero-order chi connectivity index (χ0) is 33.7. The second-order valence-corrected chi connectivity index (χ2v) is 14.0. The minimum absolute atomic E-state index is 0.0208. The van der Waals surface area contributed by atoms with Gasteiger partial charge in [-0.05, 0) is 6.42 Å². The lowest BCUT2D eigenvalue weighted by molar-refractivity contribution is -0.307. The van der Waals surface area contributed by atoms with Crippen LogP contribution >= 0.6 is 0 Å². The Morgan fingerprint density at radius 3 is 1.49 bits per heavy atom. The highest BCUT2D eigenvalue weighted by molar-refractivity contribution is 7.91. The third kappa shape index (κ3) is 19.1. The molecule has 1 rings (SSSR count). The van der Waals surface area contributed by atoms with Crippen LogP contribution in [0.15, 0.2) is 0 Å². The van der Waals surface area contributed by atoms with E-state index in [4.69, 9.17) is 28.4 Å². The van der Waals surface area contributed by atoms with Gasteiger partial charge in [-0.15, -0.1) is 0 Å². The van der Waals surface area contributed by atoms with Crippen LogP contribution < -0.4 is 0 Å². The van der Waals surface area contributed by atoms with Crippen molar-refractivity contribution in [2.24, 2.45) is 0 Å². The Morgan fingerprint density at radius 1 is 0.578 bits per heavy atom. The number of unbranched alkanes of at least 4 members (excludes halogenated alkanes) is 13. The average Bonchev–Trinajstić information content (AvgIpc) is 2.94. The molecule has 1 aliphatic heterocycles. The Hall–Kier alpha value is -2.25. The van der Waals surface area contributed by atoms with Gasteiger partial charge >= 0.3 is 23.9 Å². The highest BCUT2D eigenvalue weighted by Gasteiger charge is 2.52. The topological polar surface area (TPSA) is 158 Å². The molecule has 1 heterocycles. The maximum Gasteiger partial charge on any atom is 0.303 e. The van der Waals surface area contributed by atoms with Crippen LogP contribution in [0.5, 0.6) is 0 Å². The summed E-state index contributed by atoms with van der Waals surface area (Å²) in [6, 6.07) is 0. The van der Waals surface area contributed by atoms with Crippen LogP contribution in [0.25, 0.3) is 0 Å². The molecule has 0 saturated carbocycles. The van der Waals surface area contributed by atoms with Crippen molar-refractivity contribution >= 4 is 33.7 Å². The molecule has 1 aliphatic rings. The Labute approximate surface area is 269 Å². The minimum atomic E-state index is -3.45. The molecule has 0 aliphatic carbocycles. The molecule has 0 unspecified atom stereocenters. The van der Waals surface area contributed by atoms with Gasteiger partial charge in [0, 0.05) is 27.7 Å². The molecule has 1 saturated heterocycles. The second kappa shape index (κ2) is 23.1. The van der Waals surface area contributed by atoms with Gasteiger partial charge in [0.25, 0.3) is 0 Å². The summed E-state index contributed by atoms with van der Waals surface area (Å²) in [5.41, 5.74) is 0. The van der Waals surface area contributed by atoms with Gasteiger partial charge in [0.1, 0.15) is 12.7 Å². The molecule has 0 radical (unpaired) electrons. The van der Waals surface area contributed by atoms with Crippen molar-refractivity contribution in [3.05, 3.63) is 0 Å². The van der Waals surface area contributed by atoms with Crippen LogP contribution in [-0.4, -0.2) is 87.7 Å². The molecule has 0 amide bonds. The molecule has 0 bridgehead atoms. The molecule has 5 atom stereocenters. The SMILES string of the molecule is CCCCCCCCCCCCCCCCS(=O)(=O)CCO[C@@H]1O[C@H](COC(C)=O)[C@@H](OC(C)=O)[C@H](OC(C)=O)[C@H]1OC(C)=O. The van der Waals surface area contributed by atoms with Crippen LogP contribution in [0.3, 0.4) is 0 Å². The van der Waals surface area contributed by atoms with E-state index in [-0.39, 0.29) is 18.1 Å². The van der Waals surface area contributed by atoms with E-state index in [0.29, 0.717) is 6.42 Å². The standard InChI is InChI=1S/C32H56O12S/c1-6-7-8-9-10-11-12-13-14-15-16-17-18-19-21-45(37,38)22-20-39-32-31(43-27(5)36)30(42-26(4)35)29(41-25(3)34)28(44-32)23-40-24(2)33/h28-32H,6-23H2,1-5H3/t28-,29-,30+,31-,32-/m1/s1. The summed E-state index contributed by atoms with van der Waals surface area (Å²) in [7, 11) is -3.45. The second-order valence-electron chi connectivity index (χ2n) is 11.7. The predicted molar refractivity (Wildman–Crippen MR) is 167 cm³/mol. The van der Waals surface area contributed by atoms with Gasteiger partial charge in [-0.25, -0.2) is 8.42 Å². The van der Waals surface area contributed by atoms with Crippen LogP contribution in [-0.2, 0) is 57.4 Å². The van der Waals surface area contributed by atoms with Crippen molar-refractivity contribution in [1.82, 2.24) is 0 Å². The normalized spacial score (nSPS) is 21.6. The zero-order valence-electron chi connectivity index (χ0n) is 27.9. The zero-order valence-corrected chi connectivity index (χ0v) is 28.7. The summed E-state index contributed by atoms with van der Waals surface area (Å²) >= 11 is 0. The molecule has 45 heavy (non-hydrogen) atoms. The molecule has 0 N–H and O–H groups in total. The first-order valence-electron chi connectivity index (χ1n) is 16.5. The van der Waals surface area contributed by atoms with Crippen molar-refractivity contribution in [1.29, 1.82) is 0 Å². The molecule has 0 aromatic rings. The summed E-state index contributed by atoms with van der Waals surface area (Å²) < 4.78 is 57.9. The third-order valence-corrected chi connectivity index (χ3v) is 9.13. The molecule has 0 aromatic carbocycles. The summed E-state index contributed by atoms with van der Waals surface area (Å²) in [6.07, 6.45) is 9.77. The number of ether oxygens (including phenoxy) is 6. The molecule has 12 nitrogen and oxygen atoms in total. The highest BCUT2D eigenvalue weighted by Crippen LogP contribution is 2.30. The number of hydrogen-bond donors (Lipinski definition) is 0. The number of carbonyl (C=O) groups is 4. The summed E-state index contributed by atoms with van der Waals surface area (Å²) in [5, 5.41) is 0. The first-order chi connectivity index (χ1) is 21.4. The maximum atomic E-state index is 12.7. The minimum Gasteiger partial charge on any atom is -0.463 e. The van der Waals surface area contributed by atoms with Crippen molar-refractivity contribution in [2.45, 2.75) is 155 Å². The van der Waals surface area contributed by atoms with Gasteiger partial charge in [-0.1, -0.05) is 90.4 Å². The monoisotopic (exact) mass is 664 g/mol. The van der Waals surface area contributed by atoms with Crippen molar-refractivity contribution in [3.8, 4) is 0 Å². The van der Waals surface area contributed by atoms with Crippen molar-refractivity contribution in [3.63, 3.8) is 0 Å². The number of rotatable bonds is 24. The fourth-order valence-electron chi connectivity index (χ4n) is 5.23. The van der Waals surface area contributed by atoms with Crippen LogP contribution in [0.1, 0.15) is 125 Å². The maximum absolute atomic E-state index is 12.7. The molecular formula is C32H56O12S. The van der Waals surface area contributed by atoms with Gasteiger partial charge in [0.05, 0.1) is 18.1 Å². The van der Waals surface area contributed by atoms with Crippen LogP contribution in [0.2, 0.25) is 0 Å². The van der Waals surface area contributed by atoms with Gasteiger partial charge in [-0.2, -0.15) is 0 Å². The van der Waals surface area contributed by atoms with Crippen LogP contribution in [0, 0.1) is 0 Å². The highest BCUT2D eigenvalue weighted by atomic mass is 32.2. The first-order valence-corrected chi connectivity index (χ1v) is 18.3. The molecule has 0 aromatic heterocycles. The summed E-state index contributed by atoms with van der Waals surface area (Å²) in [5.74, 6) is -3.20.